The zero-order chi connectivity index (χ0) is 9.97. The van der Waals surface area contributed by atoms with Gasteiger partial charge in [0.2, 0.25) is 5.95 Å². The van der Waals surface area contributed by atoms with Crippen molar-refractivity contribution in [2.45, 2.75) is 19.8 Å². The summed E-state index contributed by atoms with van der Waals surface area (Å²) in [5.41, 5.74) is 6.83. The fraction of sp³-hybridized carbons (Fsp3) is 0.556. The van der Waals surface area contributed by atoms with Crippen LogP contribution in [0.25, 0.3) is 0 Å². The zero-order valence-corrected chi connectivity index (χ0v) is 8.32. The van der Waals surface area contributed by atoms with E-state index in [-0.39, 0.29) is 0 Å². The van der Waals surface area contributed by atoms with Gasteiger partial charge in [-0.2, -0.15) is 4.99 Å². The number of imidazole rings is 1. The number of hydrogen-bond acceptors (Lipinski definition) is 2. The molecule has 0 amide bonds. The first-order valence-corrected chi connectivity index (χ1v) is 4.86. The number of aryl methyl sites for hydroxylation is 1. The largest absolute Gasteiger partial charge is 0.369 e. The fourth-order valence-electron chi connectivity index (χ4n) is 1.58. The van der Waals surface area contributed by atoms with Gasteiger partial charge in [0.25, 0.3) is 0 Å². The van der Waals surface area contributed by atoms with E-state index in [4.69, 9.17) is 5.73 Å². The lowest BCUT2D eigenvalue weighted by molar-refractivity contribution is 0.513. The van der Waals surface area contributed by atoms with Crippen molar-refractivity contribution in [3.63, 3.8) is 0 Å². The molecular formula is C9H15N5. The quantitative estimate of drug-likeness (QED) is 0.511. The molecule has 1 saturated heterocycles. The van der Waals surface area contributed by atoms with Gasteiger partial charge < -0.3 is 15.6 Å². The van der Waals surface area contributed by atoms with Crippen molar-refractivity contribution in [2.24, 2.45) is 10.7 Å². The molecule has 0 radical (unpaired) electrons. The smallest absolute Gasteiger partial charge is 0.230 e. The maximum absolute atomic E-state index is 5.84. The molecule has 0 aliphatic carbocycles. The van der Waals surface area contributed by atoms with Crippen LogP contribution in [0.15, 0.2) is 11.2 Å². The van der Waals surface area contributed by atoms with E-state index >= 15 is 0 Å². The molecule has 3 N–H and O–H groups in total. The molecule has 5 heteroatoms. The lowest BCUT2D eigenvalue weighted by atomic mass is 10.4. The summed E-state index contributed by atoms with van der Waals surface area (Å²) in [7, 11) is 0. The number of hydrogen-bond donors (Lipinski definition) is 2. The monoisotopic (exact) mass is 193 g/mol. The molecule has 14 heavy (non-hydrogen) atoms. The molecule has 0 bridgehead atoms. The molecule has 2 heterocycles. The van der Waals surface area contributed by atoms with E-state index < -0.39 is 0 Å². The third kappa shape index (κ3) is 1.86. The van der Waals surface area contributed by atoms with Gasteiger partial charge in [-0.05, 0) is 19.8 Å². The van der Waals surface area contributed by atoms with Crippen LogP contribution >= 0.6 is 0 Å². The second kappa shape index (κ2) is 3.69. The summed E-state index contributed by atoms with van der Waals surface area (Å²) >= 11 is 0. The molecule has 0 spiro atoms. The van der Waals surface area contributed by atoms with Crippen LogP contribution < -0.4 is 5.73 Å². The molecule has 1 aliphatic heterocycles. The summed E-state index contributed by atoms with van der Waals surface area (Å²) in [5.74, 6) is 1.16. The van der Waals surface area contributed by atoms with E-state index in [1.54, 1.807) is 6.20 Å². The minimum Gasteiger partial charge on any atom is -0.369 e. The highest BCUT2D eigenvalue weighted by Crippen LogP contribution is 2.10. The number of nitrogens with two attached hydrogens (primary N) is 1. The number of aliphatic imine (C=N–C) groups is 1. The van der Waals surface area contributed by atoms with Gasteiger partial charge in [0.1, 0.15) is 0 Å². The normalized spacial score (nSPS) is 17.8. The van der Waals surface area contributed by atoms with Crippen molar-refractivity contribution < 1.29 is 0 Å². The molecular weight excluding hydrogens is 178 g/mol. The number of likely N-dealkylation sites (tertiary alicyclic amines) is 1. The van der Waals surface area contributed by atoms with E-state index in [0.29, 0.717) is 11.9 Å². The van der Waals surface area contributed by atoms with Crippen LogP contribution in [-0.2, 0) is 0 Å². The van der Waals surface area contributed by atoms with Gasteiger partial charge in [-0.25, -0.2) is 4.98 Å². The Morgan fingerprint density at radius 3 is 2.86 bits per heavy atom. The van der Waals surface area contributed by atoms with Crippen LogP contribution in [0, 0.1) is 6.92 Å². The number of aromatic amines is 1. The number of guanidine groups is 1. The topological polar surface area (TPSA) is 70.3 Å². The maximum atomic E-state index is 5.84. The lowest BCUT2D eigenvalue weighted by Gasteiger charge is -2.14. The minimum atomic E-state index is 0.567. The average molecular weight is 193 g/mol. The van der Waals surface area contributed by atoms with Gasteiger partial charge in [-0.15, -0.1) is 0 Å². The predicted molar refractivity (Wildman–Crippen MR) is 55.4 cm³/mol. The number of aromatic nitrogens is 2. The van der Waals surface area contributed by atoms with Crippen molar-refractivity contribution in [2.75, 3.05) is 13.1 Å². The standard InChI is InChI=1S/C9H15N5/c1-7-6-11-9(12-7)13-8(10)14-4-2-3-5-14/h6H,2-5H2,1H3,(H3,10,11,12,13). The first kappa shape index (κ1) is 9.05. The summed E-state index contributed by atoms with van der Waals surface area (Å²) in [5, 5.41) is 0. The Balaban J connectivity index is 2.09. The van der Waals surface area contributed by atoms with E-state index in [9.17, 15) is 0 Å². The predicted octanol–water partition coefficient (Wildman–Crippen LogP) is 0.760. The highest BCUT2D eigenvalue weighted by molar-refractivity contribution is 5.80. The fourth-order valence-corrected chi connectivity index (χ4v) is 1.58. The highest BCUT2D eigenvalue weighted by atomic mass is 15.3. The first-order chi connectivity index (χ1) is 6.75. The average Bonchev–Trinajstić information content (AvgIpc) is 2.75. The Labute approximate surface area is 83.0 Å². The van der Waals surface area contributed by atoms with Crippen molar-refractivity contribution in [1.29, 1.82) is 0 Å². The molecule has 76 valence electrons. The minimum absolute atomic E-state index is 0.567. The summed E-state index contributed by atoms with van der Waals surface area (Å²) in [4.78, 5) is 13.4. The Bertz CT molecular complexity index is 335. The molecule has 1 aromatic heterocycles. The molecule has 1 aromatic rings. The summed E-state index contributed by atoms with van der Waals surface area (Å²) in [6.07, 6.45) is 4.15. The third-order valence-electron chi connectivity index (χ3n) is 2.34. The van der Waals surface area contributed by atoms with Gasteiger partial charge in [-0.1, -0.05) is 0 Å². The summed E-state index contributed by atoms with van der Waals surface area (Å²) in [6, 6.07) is 0. The van der Waals surface area contributed by atoms with E-state index in [1.165, 1.54) is 12.8 Å². The van der Waals surface area contributed by atoms with Crippen LogP contribution in [0.5, 0.6) is 0 Å². The third-order valence-corrected chi connectivity index (χ3v) is 2.34. The van der Waals surface area contributed by atoms with Gasteiger partial charge in [0, 0.05) is 25.0 Å². The van der Waals surface area contributed by atoms with Crippen molar-refractivity contribution >= 4 is 11.9 Å². The summed E-state index contributed by atoms with van der Waals surface area (Å²) < 4.78 is 0. The van der Waals surface area contributed by atoms with E-state index in [2.05, 4.69) is 19.9 Å². The van der Waals surface area contributed by atoms with Crippen molar-refractivity contribution in [1.82, 2.24) is 14.9 Å². The molecule has 0 saturated carbocycles. The van der Waals surface area contributed by atoms with Crippen LogP contribution in [-0.4, -0.2) is 33.9 Å². The Morgan fingerprint density at radius 2 is 2.29 bits per heavy atom. The number of H-pyrrole nitrogens is 1. The molecule has 1 aliphatic rings. The molecule has 1 fully saturated rings. The van der Waals surface area contributed by atoms with Gasteiger partial charge in [0.05, 0.1) is 0 Å². The van der Waals surface area contributed by atoms with Crippen LogP contribution in [0.1, 0.15) is 18.5 Å². The second-order valence-corrected chi connectivity index (χ2v) is 3.55. The Kier molecular flexibility index (Phi) is 2.39. The van der Waals surface area contributed by atoms with Gasteiger partial charge >= 0.3 is 0 Å². The van der Waals surface area contributed by atoms with Gasteiger partial charge in [0.15, 0.2) is 5.96 Å². The molecule has 0 aromatic carbocycles. The van der Waals surface area contributed by atoms with E-state index in [1.807, 2.05) is 6.92 Å². The molecule has 5 nitrogen and oxygen atoms in total. The maximum Gasteiger partial charge on any atom is 0.230 e. The molecule has 2 rings (SSSR count). The Hall–Kier alpha value is -1.52. The second-order valence-electron chi connectivity index (χ2n) is 3.55. The number of rotatable bonds is 1. The number of nitrogens with one attached hydrogen (secondary N) is 1. The van der Waals surface area contributed by atoms with Crippen LogP contribution in [0.3, 0.4) is 0 Å². The van der Waals surface area contributed by atoms with E-state index in [0.717, 1.165) is 18.8 Å². The van der Waals surface area contributed by atoms with Crippen molar-refractivity contribution in [3.8, 4) is 0 Å². The molecule has 0 atom stereocenters. The highest BCUT2D eigenvalue weighted by Gasteiger charge is 2.13. The number of nitrogens with zero attached hydrogens (tertiary/aromatic N) is 3. The Morgan fingerprint density at radius 1 is 1.57 bits per heavy atom. The summed E-state index contributed by atoms with van der Waals surface area (Å²) in [6.45, 7) is 3.96. The SMILES string of the molecule is Cc1cnc(N=C(N)N2CCCC2)[nH]1. The zero-order valence-electron chi connectivity index (χ0n) is 8.32. The van der Waals surface area contributed by atoms with Gasteiger partial charge in [-0.3, -0.25) is 0 Å². The van der Waals surface area contributed by atoms with Crippen LogP contribution in [0.2, 0.25) is 0 Å². The first-order valence-electron chi connectivity index (χ1n) is 4.86. The molecule has 0 unspecified atom stereocenters. The van der Waals surface area contributed by atoms with Crippen molar-refractivity contribution in [3.05, 3.63) is 11.9 Å². The van der Waals surface area contributed by atoms with Crippen LogP contribution in [0.4, 0.5) is 5.95 Å². The lowest BCUT2D eigenvalue weighted by Crippen LogP contribution is -2.34.